The Morgan fingerprint density at radius 3 is 2.33 bits per heavy atom. The first-order chi connectivity index (χ1) is 7.31. The molecule has 1 aliphatic rings. The lowest BCUT2D eigenvalue weighted by Crippen LogP contribution is -2.38. The Morgan fingerprint density at radius 2 is 1.87 bits per heavy atom. The summed E-state index contributed by atoms with van der Waals surface area (Å²) in [7, 11) is 1.84. The van der Waals surface area contributed by atoms with Gasteiger partial charge in [-0.1, -0.05) is 13.8 Å². The molecular weight excluding hydrogens is 186 g/mol. The van der Waals surface area contributed by atoms with E-state index >= 15 is 0 Å². The van der Waals surface area contributed by atoms with Gasteiger partial charge in [0.25, 0.3) is 0 Å². The Bertz CT molecular complexity index is 153. The molecule has 0 aromatic rings. The number of nitrogens with one attached hydrogen (secondary N) is 1. The van der Waals surface area contributed by atoms with E-state index in [0.717, 1.165) is 12.0 Å². The first kappa shape index (κ1) is 13.0. The quantitative estimate of drug-likeness (QED) is 0.732. The van der Waals surface area contributed by atoms with Gasteiger partial charge in [0.05, 0.1) is 6.10 Å². The molecule has 0 bridgehead atoms. The van der Waals surface area contributed by atoms with Crippen molar-refractivity contribution in [3.63, 3.8) is 0 Å². The molecule has 1 N–H and O–H groups in total. The van der Waals surface area contributed by atoms with Gasteiger partial charge in [-0.15, -0.1) is 0 Å². The molecule has 1 unspecified atom stereocenters. The van der Waals surface area contributed by atoms with Crippen LogP contribution in [0, 0.1) is 5.92 Å². The summed E-state index contributed by atoms with van der Waals surface area (Å²) < 4.78 is 5.41. The third-order valence-electron chi connectivity index (χ3n) is 3.72. The minimum atomic E-state index is 0.532. The second kappa shape index (κ2) is 7.24. The van der Waals surface area contributed by atoms with Crippen molar-refractivity contribution in [3.8, 4) is 0 Å². The van der Waals surface area contributed by atoms with Crippen molar-refractivity contribution in [3.05, 3.63) is 0 Å². The average molecular weight is 213 g/mol. The Balaban J connectivity index is 2.29. The van der Waals surface area contributed by atoms with Crippen molar-refractivity contribution in [1.29, 1.82) is 0 Å². The smallest absolute Gasteiger partial charge is 0.0571 e. The van der Waals surface area contributed by atoms with E-state index < -0.39 is 0 Å². The molecule has 2 nitrogen and oxygen atoms in total. The predicted molar refractivity (Wildman–Crippen MR) is 65.1 cm³/mol. The lowest BCUT2D eigenvalue weighted by atomic mass is 9.81. The molecule has 1 aliphatic carbocycles. The van der Waals surface area contributed by atoms with Crippen LogP contribution >= 0.6 is 0 Å². The molecule has 90 valence electrons. The van der Waals surface area contributed by atoms with Gasteiger partial charge in [0, 0.05) is 13.2 Å². The van der Waals surface area contributed by atoms with Crippen LogP contribution in [0.5, 0.6) is 0 Å². The molecule has 0 aromatic carbocycles. The molecule has 1 rings (SSSR count). The maximum atomic E-state index is 5.41. The minimum Gasteiger partial charge on any atom is -0.381 e. The van der Waals surface area contributed by atoms with Gasteiger partial charge in [-0.3, -0.25) is 0 Å². The summed E-state index contributed by atoms with van der Waals surface area (Å²) in [5.41, 5.74) is 0. The Kier molecular flexibility index (Phi) is 6.26. The molecular formula is C13H27NO. The van der Waals surface area contributed by atoms with E-state index in [9.17, 15) is 0 Å². The monoisotopic (exact) mass is 213 g/mol. The van der Waals surface area contributed by atoms with E-state index in [4.69, 9.17) is 4.74 Å². The van der Waals surface area contributed by atoms with Crippen molar-refractivity contribution in [2.24, 2.45) is 5.92 Å². The summed E-state index contributed by atoms with van der Waals surface area (Å²) >= 11 is 0. The van der Waals surface area contributed by atoms with Gasteiger partial charge < -0.3 is 10.1 Å². The standard InChI is InChI=1S/C13H27NO/c1-4-10-14-13(5-2)11-6-8-12(15-3)9-7-11/h11-14H,4-10H2,1-3H3. The maximum absolute atomic E-state index is 5.41. The number of methoxy groups -OCH3 is 1. The van der Waals surface area contributed by atoms with Crippen molar-refractivity contribution in [2.45, 2.75) is 64.5 Å². The molecule has 15 heavy (non-hydrogen) atoms. The highest BCUT2D eigenvalue weighted by molar-refractivity contribution is 4.81. The van der Waals surface area contributed by atoms with E-state index in [1.807, 2.05) is 7.11 Å². The molecule has 1 fully saturated rings. The number of hydrogen-bond donors (Lipinski definition) is 1. The van der Waals surface area contributed by atoms with Gasteiger partial charge >= 0.3 is 0 Å². The molecule has 2 heteroatoms. The molecule has 1 atom stereocenters. The van der Waals surface area contributed by atoms with Crippen LogP contribution in [-0.4, -0.2) is 25.8 Å². The van der Waals surface area contributed by atoms with Gasteiger partial charge in [-0.2, -0.15) is 0 Å². The molecule has 0 heterocycles. The third kappa shape index (κ3) is 4.12. The fourth-order valence-electron chi connectivity index (χ4n) is 2.70. The topological polar surface area (TPSA) is 21.3 Å². The molecule has 0 aromatic heterocycles. The lowest BCUT2D eigenvalue weighted by molar-refractivity contribution is 0.0500. The van der Waals surface area contributed by atoms with Crippen LogP contribution in [0.25, 0.3) is 0 Å². The molecule has 0 radical (unpaired) electrons. The molecule has 0 spiro atoms. The summed E-state index contributed by atoms with van der Waals surface area (Å²) in [4.78, 5) is 0. The van der Waals surface area contributed by atoms with Crippen LogP contribution in [0.1, 0.15) is 52.4 Å². The van der Waals surface area contributed by atoms with Crippen molar-refractivity contribution < 1.29 is 4.74 Å². The maximum Gasteiger partial charge on any atom is 0.0571 e. The van der Waals surface area contributed by atoms with Gasteiger partial charge in [0.1, 0.15) is 0 Å². The molecule has 0 aliphatic heterocycles. The Morgan fingerprint density at radius 1 is 1.20 bits per heavy atom. The van der Waals surface area contributed by atoms with Gasteiger partial charge in [0.2, 0.25) is 0 Å². The summed E-state index contributed by atoms with van der Waals surface area (Å²) in [5.74, 6) is 0.882. The highest BCUT2D eigenvalue weighted by Crippen LogP contribution is 2.29. The van der Waals surface area contributed by atoms with E-state index in [1.54, 1.807) is 0 Å². The zero-order valence-corrected chi connectivity index (χ0v) is 10.6. The van der Waals surface area contributed by atoms with E-state index in [2.05, 4.69) is 19.2 Å². The largest absolute Gasteiger partial charge is 0.381 e. The summed E-state index contributed by atoms with van der Waals surface area (Å²) in [6, 6.07) is 0.739. The van der Waals surface area contributed by atoms with Crippen molar-refractivity contribution in [1.82, 2.24) is 5.32 Å². The zero-order chi connectivity index (χ0) is 11.1. The van der Waals surface area contributed by atoms with Crippen LogP contribution in [0.15, 0.2) is 0 Å². The minimum absolute atomic E-state index is 0.532. The molecule has 0 saturated heterocycles. The Hall–Kier alpha value is -0.0800. The average Bonchev–Trinajstić information content (AvgIpc) is 2.31. The molecule has 1 saturated carbocycles. The van der Waals surface area contributed by atoms with Crippen LogP contribution < -0.4 is 5.32 Å². The van der Waals surface area contributed by atoms with Crippen LogP contribution in [-0.2, 0) is 4.74 Å². The van der Waals surface area contributed by atoms with Crippen molar-refractivity contribution in [2.75, 3.05) is 13.7 Å². The lowest BCUT2D eigenvalue weighted by Gasteiger charge is -2.33. The number of ether oxygens (including phenoxy) is 1. The third-order valence-corrected chi connectivity index (χ3v) is 3.72. The highest BCUT2D eigenvalue weighted by atomic mass is 16.5. The zero-order valence-electron chi connectivity index (χ0n) is 10.6. The van der Waals surface area contributed by atoms with Crippen molar-refractivity contribution >= 4 is 0 Å². The summed E-state index contributed by atoms with van der Waals surface area (Å²) in [6.07, 6.45) is 8.23. The number of rotatable bonds is 6. The molecule has 0 amide bonds. The Labute approximate surface area is 94.8 Å². The van der Waals surface area contributed by atoms with E-state index in [-0.39, 0.29) is 0 Å². The van der Waals surface area contributed by atoms with Crippen LogP contribution in [0.3, 0.4) is 0 Å². The van der Waals surface area contributed by atoms with E-state index in [1.165, 1.54) is 45.1 Å². The van der Waals surface area contributed by atoms with Gasteiger partial charge in [0.15, 0.2) is 0 Å². The van der Waals surface area contributed by atoms with Crippen LogP contribution in [0.4, 0.5) is 0 Å². The first-order valence-corrected chi connectivity index (χ1v) is 6.57. The first-order valence-electron chi connectivity index (χ1n) is 6.57. The highest BCUT2D eigenvalue weighted by Gasteiger charge is 2.25. The second-order valence-electron chi connectivity index (χ2n) is 4.74. The van der Waals surface area contributed by atoms with Crippen LogP contribution in [0.2, 0.25) is 0 Å². The van der Waals surface area contributed by atoms with Gasteiger partial charge in [-0.25, -0.2) is 0 Å². The summed E-state index contributed by atoms with van der Waals surface area (Å²) in [6.45, 7) is 5.71. The fourth-order valence-corrected chi connectivity index (χ4v) is 2.70. The predicted octanol–water partition coefficient (Wildman–Crippen LogP) is 2.97. The van der Waals surface area contributed by atoms with Gasteiger partial charge in [-0.05, 0) is 51.0 Å². The van der Waals surface area contributed by atoms with E-state index in [0.29, 0.717) is 6.10 Å². The normalized spacial score (nSPS) is 29.0. The summed E-state index contributed by atoms with van der Waals surface area (Å²) in [5, 5.41) is 3.68. The second-order valence-corrected chi connectivity index (χ2v) is 4.74. The SMILES string of the molecule is CCCNC(CC)C1CCC(OC)CC1. The fraction of sp³-hybridized carbons (Fsp3) is 1.00. The number of hydrogen-bond acceptors (Lipinski definition) is 2.